The molecule has 0 bridgehead atoms. The van der Waals surface area contributed by atoms with Gasteiger partial charge in [0, 0.05) is 48.5 Å². The van der Waals surface area contributed by atoms with E-state index in [9.17, 15) is 0 Å². The number of nitrogens with zero attached hydrogens (tertiary/aromatic N) is 7. The third-order valence-corrected chi connectivity index (χ3v) is 4.72. The van der Waals surface area contributed by atoms with E-state index in [2.05, 4.69) is 35.3 Å². The van der Waals surface area contributed by atoms with E-state index in [1.54, 1.807) is 29.3 Å². The van der Waals surface area contributed by atoms with Gasteiger partial charge in [0.05, 0.1) is 17.4 Å². The van der Waals surface area contributed by atoms with Gasteiger partial charge in [-0.3, -0.25) is 15.0 Å². The normalized spacial score (nSPS) is 12.0. The van der Waals surface area contributed by atoms with Crippen LogP contribution in [-0.4, -0.2) is 34.5 Å². The molecule has 0 amide bonds. The summed E-state index contributed by atoms with van der Waals surface area (Å²) in [7, 11) is 0. The van der Waals surface area contributed by atoms with Gasteiger partial charge in [-0.2, -0.15) is 14.6 Å². The summed E-state index contributed by atoms with van der Waals surface area (Å²) in [6.45, 7) is 0. The maximum absolute atomic E-state index is 4.61. The SMILES string of the molecule is c1ccc(CC(Nc2cc(-c3cccnc3)nc3ncnn23)c2ccccn2)nc1. The van der Waals surface area contributed by atoms with Crippen molar-refractivity contribution in [1.82, 2.24) is 34.5 Å². The van der Waals surface area contributed by atoms with E-state index in [4.69, 9.17) is 0 Å². The van der Waals surface area contributed by atoms with Gasteiger partial charge >= 0.3 is 0 Å². The van der Waals surface area contributed by atoms with E-state index >= 15 is 0 Å². The number of aromatic nitrogens is 7. The van der Waals surface area contributed by atoms with Crippen molar-refractivity contribution in [2.24, 2.45) is 0 Å². The van der Waals surface area contributed by atoms with E-state index in [-0.39, 0.29) is 6.04 Å². The summed E-state index contributed by atoms with van der Waals surface area (Å²) < 4.78 is 1.69. The predicted octanol–water partition coefficient (Wildman–Crippen LogP) is 3.37. The summed E-state index contributed by atoms with van der Waals surface area (Å²) >= 11 is 0. The summed E-state index contributed by atoms with van der Waals surface area (Å²) in [4.78, 5) is 22.1. The number of nitrogens with one attached hydrogen (secondary N) is 1. The molecule has 1 N–H and O–H groups in total. The van der Waals surface area contributed by atoms with Gasteiger partial charge in [0.1, 0.15) is 12.1 Å². The molecule has 5 aromatic rings. The first-order valence-electron chi connectivity index (χ1n) is 9.55. The second kappa shape index (κ2) is 8.04. The Morgan fingerprint density at radius 3 is 2.57 bits per heavy atom. The molecule has 0 aliphatic rings. The van der Waals surface area contributed by atoms with Crippen molar-refractivity contribution in [3.8, 4) is 11.3 Å². The van der Waals surface area contributed by atoms with Gasteiger partial charge in [-0.05, 0) is 36.4 Å². The molecule has 0 radical (unpaired) electrons. The van der Waals surface area contributed by atoms with Crippen LogP contribution < -0.4 is 5.32 Å². The lowest BCUT2D eigenvalue weighted by molar-refractivity contribution is 0.718. The lowest BCUT2D eigenvalue weighted by Gasteiger charge is -2.20. The van der Waals surface area contributed by atoms with Gasteiger partial charge in [0.15, 0.2) is 0 Å². The molecule has 5 heterocycles. The Bertz CT molecular complexity index is 1240. The molecule has 0 saturated heterocycles. The van der Waals surface area contributed by atoms with Crippen molar-refractivity contribution in [3.05, 3.63) is 97.1 Å². The molecule has 0 fully saturated rings. The molecule has 5 rings (SSSR count). The smallest absolute Gasteiger partial charge is 0.254 e. The van der Waals surface area contributed by atoms with E-state index in [0.717, 1.165) is 28.5 Å². The second-order valence-electron chi connectivity index (χ2n) is 6.72. The number of hydrogen-bond acceptors (Lipinski definition) is 7. The fraction of sp³-hybridized carbons (Fsp3) is 0.0909. The van der Waals surface area contributed by atoms with Gasteiger partial charge in [0.2, 0.25) is 0 Å². The van der Waals surface area contributed by atoms with Crippen LogP contribution in [0.5, 0.6) is 0 Å². The van der Waals surface area contributed by atoms with Crippen molar-refractivity contribution in [1.29, 1.82) is 0 Å². The maximum atomic E-state index is 4.61. The topological polar surface area (TPSA) is 93.8 Å². The molecule has 1 atom stereocenters. The summed E-state index contributed by atoms with van der Waals surface area (Å²) in [5.74, 6) is 1.28. The lowest BCUT2D eigenvalue weighted by Crippen LogP contribution is -2.18. The number of fused-ring (bicyclic) bond motifs is 1. The monoisotopic (exact) mass is 394 g/mol. The van der Waals surface area contributed by atoms with Crippen molar-refractivity contribution >= 4 is 11.6 Å². The van der Waals surface area contributed by atoms with Crippen LogP contribution in [0.25, 0.3) is 17.0 Å². The predicted molar refractivity (Wildman–Crippen MR) is 113 cm³/mol. The van der Waals surface area contributed by atoms with Gasteiger partial charge in [-0.25, -0.2) is 4.98 Å². The van der Waals surface area contributed by atoms with Crippen LogP contribution in [0.4, 0.5) is 5.82 Å². The van der Waals surface area contributed by atoms with Crippen LogP contribution in [0.3, 0.4) is 0 Å². The fourth-order valence-corrected chi connectivity index (χ4v) is 3.30. The average molecular weight is 394 g/mol. The highest BCUT2D eigenvalue weighted by atomic mass is 15.4. The minimum Gasteiger partial charge on any atom is -0.361 e. The minimum absolute atomic E-state index is 0.113. The van der Waals surface area contributed by atoms with Crippen molar-refractivity contribution in [2.75, 3.05) is 5.32 Å². The fourth-order valence-electron chi connectivity index (χ4n) is 3.30. The van der Waals surface area contributed by atoms with Crippen LogP contribution in [0.1, 0.15) is 17.4 Å². The first-order chi connectivity index (χ1) is 14.9. The quantitative estimate of drug-likeness (QED) is 0.472. The molecule has 0 spiro atoms. The zero-order valence-corrected chi connectivity index (χ0v) is 16.0. The molecule has 30 heavy (non-hydrogen) atoms. The van der Waals surface area contributed by atoms with Gasteiger partial charge in [-0.15, -0.1) is 0 Å². The number of hydrogen-bond donors (Lipinski definition) is 1. The van der Waals surface area contributed by atoms with Crippen molar-refractivity contribution < 1.29 is 0 Å². The van der Waals surface area contributed by atoms with Crippen LogP contribution in [0.15, 0.2) is 85.7 Å². The first kappa shape index (κ1) is 17.9. The molecule has 0 saturated carbocycles. The summed E-state index contributed by atoms with van der Waals surface area (Å²) in [6.07, 6.45) is 9.27. The summed E-state index contributed by atoms with van der Waals surface area (Å²) in [6, 6.07) is 17.5. The van der Waals surface area contributed by atoms with E-state index in [1.165, 1.54) is 6.33 Å². The number of anilines is 1. The Hall–Kier alpha value is -4.20. The third-order valence-electron chi connectivity index (χ3n) is 4.72. The lowest BCUT2D eigenvalue weighted by atomic mass is 10.1. The van der Waals surface area contributed by atoms with E-state index in [1.807, 2.05) is 54.6 Å². The van der Waals surface area contributed by atoms with Crippen LogP contribution in [0.2, 0.25) is 0 Å². The van der Waals surface area contributed by atoms with Gasteiger partial charge in [-0.1, -0.05) is 12.1 Å². The molecule has 0 aromatic carbocycles. The Balaban J connectivity index is 1.56. The molecular weight excluding hydrogens is 376 g/mol. The zero-order valence-electron chi connectivity index (χ0n) is 16.0. The van der Waals surface area contributed by atoms with E-state index in [0.29, 0.717) is 12.2 Å². The van der Waals surface area contributed by atoms with Crippen LogP contribution in [0, 0.1) is 0 Å². The average Bonchev–Trinajstić information content (AvgIpc) is 3.30. The standard InChI is InChI=1S/C22H18N8/c1-3-10-24-17(7-1)12-20(18-8-2-4-11-25-18)28-21-13-19(16-6-5-9-23-14-16)29-22-26-15-27-30(21)22/h1-11,13-15,20,28H,12H2. The highest BCUT2D eigenvalue weighted by Crippen LogP contribution is 2.25. The second-order valence-corrected chi connectivity index (χ2v) is 6.72. The molecule has 8 nitrogen and oxygen atoms in total. The third kappa shape index (κ3) is 3.70. The largest absolute Gasteiger partial charge is 0.361 e. The number of rotatable bonds is 6. The molecule has 5 aromatic heterocycles. The number of pyridine rings is 3. The Morgan fingerprint density at radius 2 is 1.80 bits per heavy atom. The zero-order chi connectivity index (χ0) is 20.2. The molecule has 146 valence electrons. The van der Waals surface area contributed by atoms with Crippen molar-refractivity contribution in [3.63, 3.8) is 0 Å². The molecule has 1 unspecified atom stereocenters. The summed E-state index contributed by atoms with van der Waals surface area (Å²) in [5, 5.41) is 7.92. The maximum Gasteiger partial charge on any atom is 0.254 e. The first-order valence-corrected chi connectivity index (χ1v) is 9.55. The van der Waals surface area contributed by atoms with Crippen molar-refractivity contribution in [2.45, 2.75) is 12.5 Å². The highest BCUT2D eigenvalue weighted by Gasteiger charge is 2.18. The Morgan fingerprint density at radius 1 is 0.900 bits per heavy atom. The molecular formula is C22H18N8. The highest BCUT2D eigenvalue weighted by molar-refractivity contribution is 5.64. The van der Waals surface area contributed by atoms with Crippen LogP contribution in [-0.2, 0) is 6.42 Å². The molecule has 8 heteroatoms. The Labute approximate surface area is 172 Å². The Kier molecular flexibility index (Phi) is 4.79. The summed E-state index contributed by atoms with van der Waals surface area (Å²) in [5.41, 5.74) is 3.56. The van der Waals surface area contributed by atoms with Crippen LogP contribution >= 0.6 is 0 Å². The van der Waals surface area contributed by atoms with E-state index < -0.39 is 0 Å². The van der Waals surface area contributed by atoms with Gasteiger partial charge in [0.25, 0.3) is 5.78 Å². The van der Waals surface area contributed by atoms with Gasteiger partial charge < -0.3 is 5.32 Å². The molecule has 0 aliphatic heterocycles. The molecule has 0 aliphatic carbocycles. The minimum atomic E-state index is -0.113.